The average Bonchev–Trinajstić information content (AvgIpc) is 3.81. The summed E-state index contributed by atoms with van der Waals surface area (Å²) in [6.07, 6.45) is 13.3. The highest BCUT2D eigenvalue weighted by Gasteiger charge is 2.20. The van der Waals surface area contributed by atoms with Crippen LogP contribution in [0.15, 0.2) is 150 Å². The van der Waals surface area contributed by atoms with Gasteiger partial charge in [-0.05, 0) is 95.6 Å². The van der Waals surface area contributed by atoms with E-state index in [0.717, 1.165) is 75.4 Å². The van der Waals surface area contributed by atoms with Crippen LogP contribution in [0, 0.1) is 0 Å². The van der Waals surface area contributed by atoms with Gasteiger partial charge >= 0.3 is 0 Å². The van der Waals surface area contributed by atoms with Crippen molar-refractivity contribution in [2.45, 2.75) is 25.7 Å². The minimum atomic E-state index is 0.609. The van der Waals surface area contributed by atoms with Gasteiger partial charge in [-0.3, -0.25) is 0 Å². The van der Waals surface area contributed by atoms with Crippen molar-refractivity contribution in [3.63, 3.8) is 0 Å². The maximum atomic E-state index is 6.72. The minimum absolute atomic E-state index is 0.609. The van der Waals surface area contributed by atoms with Crippen LogP contribution in [0.1, 0.15) is 35.1 Å². The van der Waals surface area contributed by atoms with Gasteiger partial charge < -0.3 is 8.98 Å². The Hall–Kier alpha value is -7.11. The van der Waals surface area contributed by atoms with Crippen molar-refractivity contribution >= 4 is 66.7 Å². The zero-order valence-electron chi connectivity index (χ0n) is 30.5. The third-order valence-corrected chi connectivity index (χ3v) is 11.7. The molecule has 0 aliphatic heterocycles. The fourth-order valence-electron chi connectivity index (χ4n) is 8.94. The Morgan fingerprint density at radius 3 is 2.00 bits per heavy atom. The zero-order chi connectivity index (χ0) is 36.7. The Morgan fingerprint density at radius 2 is 1.12 bits per heavy atom. The van der Waals surface area contributed by atoms with Crippen molar-refractivity contribution in [1.29, 1.82) is 0 Å². The molecule has 0 unspecified atom stereocenters. The second-order valence-corrected chi connectivity index (χ2v) is 15.0. The summed E-state index contributed by atoms with van der Waals surface area (Å²) in [5.41, 5.74) is 13.2. The molecule has 0 saturated carbocycles. The average molecular weight is 719 g/mol. The molecule has 7 aromatic carbocycles. The quantitative estimate of drug-likeness (QED) is 0.182. The Morgan fingerprint density at radius 1 is 0.482 bits per heavy atom. The number of allylic oxidation sites excluding steroid dienone is 2. The van der Waals surface area contributed by atoms with E-state index in [1.165, 1.54) is 49.4 Å². The molecule has 3 heterocycles. The molecule has 5 heteroatoms. The first kappa shape index (κ1) is 31.3. The first-order chi connectivity index (χ1) is 27.7. The maximum absolute atomic E-state index is 6.72. The van der Waals surface area contributed by atoms with Crippen LogP contribution in [-0.4, -0.2) is 19.5 Å². The van der Waals surface area contributed by atoms with E-state index in [4.69, 9.17) is 19.4 Å². The molecule has 0 fully saturated rings. The predicted molar refractivity (Wildman–Crippen MR) is 230 cm³/mol. The summed E-state index contributed by atoms with van der Waals surface area (Å²) in [6, 6.07) is 47.6. The number of rotatable bonds is 4. The first-order valence-corrected chi connectivity index (χ1v) is 19.5. The van der Waals surface area contributed by atoms with Gasteiger partial charge in [0.1, 0.15) is 11.2 Å². The molecule has 0 N–H and O–H groups in total. The van der Waals surface area contributed by atoms with Crippen LogP contribution >= 0.6 is 0 Å². The molecule has 12 rings (SSSR count). The number of aromatic nitrogens is 4. The summed E-state index contributed by atoms with van der Waals surface area (Å²) < 4.78 is 9.14. The fraction of sp³-hybridized carbons (Fsp3) is 0.0784. The maximum Gasteiger partial charge on any atom is 0.164 e. The van der Waals surface area contributed by atoms with Gasteiger partial charge in [-0.1, -0.05) is 109 Å². The molecule has 5 nitrogen and oxygen atoms in total. The van der Waals surface area contributed by atoms with E-state index in [2.05, 4.69) is 162 Å². The molecule has 0 atom stereocenters. The van der Waals surface area contributed by atoms with Crippen molar-refractivity contribution in [2.75, 3.05) is 0 Å². The highest BCUT2D eigenvalue weighted by atomic mass is 16.3. The van der Waals surface area contributed by atoms with Crippen LogP contribution in [0.2, 0.25) is 0 Å². The van der Waals surface area contributed by atoms with E-state index in [-0.39, 0.29) is 0 Å². The number of hydrogen-bond acceptors (Lipinski definition) is 4. The smallest absolute Gasteiger partial charge is 0.164 e. The van der Waals surface area contributed by atoms with Gasteiger partial charge in [-0.15, -0.1) is 0 Å². The molecule has 0 radical (unpaired) electrons. The second-order valence-electron chi connectivity index (χ2n) is 15.0. The number of aryl methyl sites for hydroxylation is 2. The van der Waals surface area contributed by atoms with E-state index in [0.29, 0.717) is 17.5 Å². The third-order valence-electron chi connectivity index (χ3n) is 11.7. The molecule has 264 valence electrons. The molecule has 0 saturated heterocycles. The first-order valence-electron chi connectivity index (χ1n) is 19.5. The molecule has 0 amide bonds. The molecule has 2 aliphatic rings. The highest BCUT2D eigenvalue weighted by molar-refractivity contribution is 6.13. The van der Waals surface area contributed by atoms with Crippen LogP contribution in [0.3, 0.4) is 0 Å². The number of hydrogen-bond donors (Lipinski definition) is 0. The molecule has 10 aromatic rings. The van der Waals surface area contributed by atoms with E-state index < -0.39 is 0 Å². The number of nitrogens with zero attached hydrogens (tertiary/aromatic N) is 4. The summed E-state index contributed by atoms with van der Waals surface area (Å²) in [5.74, 6) is 1.90. The van der Waals surface area contributed by atoms with Crippen molar-refractivity contribution in [2.24, 2.45) is 0 Å². The van der Waals surface area contributed by atoms with Gasteiger partial charge in [-0.2, -0.15) is 0 Å². The lowest BCUT2D eigenvalue weighted by atomic mass is 9.95. The van der Waals surface area contributed by atoms with E-state index in [1.807, 2.05) is 0 Å². The molecule has 3 aromatic heterocycles. The lowest BCUT2D eigenvalue weighted by Gasteiger charge is -2.15. The normalized spacial score (nSPS) is 13.6. The fourth-order valence-corrected chi connectivity index (χ4v) is 8.94. The van der Waals surface area contributed by atoms with Gasteiger partial charge in [0, 0.05) is 55.6 Å². The number of furan rings is 1. The third kappa shape index (κ3) is 4.90. The van der Waals surface area contributed by atoms with Gasteiger partial charge in [0.05, 0.1) is 11.0 Å². The largest absolute Gasteiger partial charge is 0.456 e. The summed E-state index contributed by atoms with van der Waals surface area (Å²) >= 11 is 0. The van der Waals surface area contributed by atoms with Crippen LogP contribution in [0.5, 0.6) is 0 Å². The number of para-hydroxylation sites is 1. The predicted octanol–water partition coefficient (Wildman–Crippen LogP) is 12.9. The van der Waals surface area contributed by atoms with Gasteiger partial charge in [0.25, 0.3) is 0 Å². The summed E-state index contributed by atoms with van der Waals surface area (Å²) in [5, 5.41) is 6.99. The summed E-state index contributed by atoms with van der Waals surface area (Å²) in [4.78, 5) is 15.3. The Kier molecular flexibility index (Phi) is 6.81. The lowest BCUT2D eigenvalue weighted by Crippen LogP contribution is -2.01. The van der Waals surface area contributed by atoms with Crippen molar-refractivity contribution < 1.29 is 4.42 Å². The highest BCUT2D eigenvalue weighted by Crippen LogP contribution is 2.40. The van der Waals surface area contributed by atoms with Gasteiger partial charge in [-0.25, -0.2) is 15.0 Å². The van der Waals surface area contributed by atoms with Crippen molar-refractivity contribution in [3.8, 4) is 39.9 Å². The van der Waals surface area contributed by atoms with Gasteiger partial charge in [0.15, 0.2) is 17.5 Å². The Balaban J connectivity index is 1.01. The molecule has 0 bridgehead atoms. The molecule has 56 heavy (non-hydrogen) atoms. The van der Waals surface area contributed by atoms with Crippen LogP contribution in [0.4, 0.5) is 0 Å². The Labute approximate surface area is 322 Å². The standard InChI is InChI=1S/C51H34N4O/c1-3-12-34-27-36(19-17-31(34)9-1)49-52-50(37-20-18-32-10-2-4-13-35(32)28-37)54-51(53-49)38-22-24-42-43-26-23-39(30-47(43)56-46(42)29-38)55-45-16-8-7-15-41(45)44-25-21-33-11-5-6-14-40(33)48(44)55/h1,3-4,6-9,12-30H,2,5,10-11H2. The van der Waals surface area contributed by atoms with Crippen molar-refractivity contribution in [1.82, 2.24) is 19.5 Å². The van der Waals surface area contributed by atoms with E-state index >= 15 is 0 Å². The monoisotopic (exact) mass is 718 g/mol. The molecule has 0 spiro atoms. The van der Waals surface area contributed by atoms with Gasteiger partial charge in [0.2, 0.25) is 0 Å². The number of benzene rings is 7. The topological polar surface area (TPSA) is 56.7 Å². The Bertz CT molecular complexity index is 3320. The molecular formula is C51H34N4O. The van der Waals surface area contributed by atoms with E-state index in [9.17, 15) is 0 Å². The van der Waals surface area contributed by atoms with Crippen LogP contribution < -0.4 is 0 Å². The zero-order valence-corrected chi connectivity index (χ0v) is 30.5. The minimum Gasteiger partial charge on any atom is -0.456 e. The summed E-state index contributed by atoms with van der Waals surface area (Å²) in [7, 11) is 0. The van der Waals surface area contributed by atoms with Crippen LogP contribution in [-0.2, 0) is 12.8 Å². The lowest BCUT2D eigenvalue weighted by molar-refractivity contribution is 0.668. The molecular weight excluding hydrogens is 685 g/mol. The molecule has 2 aliphatic carbocycles. The van der Waals surface area contributed by atoms with E-state index in [1.54, 1.807) is 0 Å². The number of fused-ring (bicyclic) bond motifs is 10. The van der Waals surface area contributed by atoms with Crippen LogP contribution in [0.25, 0.3) is 107 Å². The SMILES string of the molecule is C1=Cc2cc(-c3nc(-c4ccc5ccccc5c4)nc(-c4ccc5c(c4)oc4cc(-n6c7ccccc7c7ccc8c(c76)C=CCC8)ccc45)n3)ccc2CC1. The summed E-state index contributed by atoms with van der Waals surface area (Å²) in [6.45, 7) is 0. The second kappa shape index (κ2) is 12.2. The van der Waals surface area contributed by atoms with Crippen molar-refractivity contribution in [3.05, 3.63) is 168 Å².